The molecule has 0 radical (unpaired) electrons. The number of aromatic amines is 2. The number of unbranched alkanes of at least 4 members (excludes halogenated alkanes) is 9. The number of carbonyl (C=O) groups excluding carboxylic acids is 3. The van der Waals surface area contributed by atoms with Crippen LogP contribution in [-0.2, 0) is 25.5 Å². The summed E-state index contributed by atoms with van der Waals surface area (Å²) in [5.74, 6) is -1.82. The van der Waals surface area contributed by atoms with Crippen molar-refractivity contribution in [2.45, 2.75) is 137 Å². The van der Waals surface area contributed by atoms with Crippen molar-refractivity contribution in [3.8, 4) is 0 Å². The normalized spacial score (nSPS) is 15.2. The molecule has 2 aliphatic heterocycles. The summed E-state index contributed by atoms with van der Waals surface area (Å²) in [6, 6.07) is 6.10. The Bertz CT molecular complexity index is 2170. The van der Waals surface area contributed by atoms with E-state index >= 15 is 0 Å². The van der Waals surface area contributed by atoms with Gasteiger partial charge in [-0.3, -0.25) is 14.6 Å². The second-order valence-corrected chi connectivity index (χ2v) is 15.6. The van der Waals surface area contributed by atoms with Gasteiger partial charge >= 0.3 is 11.9 Å². The lowest BCUT2D eigenvalue weighted by Crippen LogP contribution is -2.28. The minimum absolute atomic E-state index is 0.136. The quantitative estimate of drug-likeness (QED) is 0.0863. The molecule has 0 spiro atoms. The highest BCUT2D eigenvalue weighted by atomic mass is 16.5. The van der Waals surface area contributed by atoms with Crippen LogP contribution in [-0.4, -0.2) is 58.5 Å². The second-order valence-electron chi connectivity index (χ2n) is 15.6. The standard InChI is InChI=1S/C47H63N5O5/c1-10-13-14-15-16-17-18-19-20-21-24-48-46(54)43-44-34(22-23-41(53)56-8)30(6)37(51-44)25-35-28(4)32(11-2)39(49-35)26-36-29(5)33(12-3)40(50-36)27-38-31(7)42(45(43)52-38)47(55)57-9/h11,25-27,30,34,49-50H,2,10,12-24H2,1,3-9H3,(H,48,54)/t30-,34-/m0/s1. The minimum Gasteiger partial charge on any atom is -0.469 e. The van der Waals surface area contributed by atoms with Crippen LogP contribution in [0.3, 0.4) is 0 Å². The topological polar surface area (TPSA) is 139 Å². The molecular formula is C47H63N5O5. The molecule has 5 rings (SSSR count). The Kier molecular flexibility index (Phi) is 15.1. The lowest BCUT2D eigenvalue weighted by molar-refractivity contribution is -0.140. The average Bonchev–Trinajstić information content (AvgIpc) is 3.88. The van der Waals surface area contributed by atoms with Gasteiger partial charge in [0, 0.05) is 58.1 Å². The molecule has 0 aliphatic carbocycles. The van der Waals surface area contributed by atoms with Crippen LogP contribution in [0.1, 0.15) is 172 Å². The summed E-state index contributed by atoms with van der Waals surface area (Å²) >= 11 is 0. The minimum atomic E-state index is -0.584. The summed E-state index contributed by atoms with van der Waals surface area (Å²) in [5, 5.41) is 3.18. The van der Waals surface area contributed by atoms with E-state index in [1.807, 2.05) is 25.1 Å². The molecule has 57 heavy (non-hydrogen) atoms. The van der Waals surface area contributed by atoms with E-state index in [4.69, 9.17) is 19.4 Å². The molecular weight excluding hydrogens is 715 g/mol. The van der Waals surface area contributed by atoms with Crippen molar-refractivity contribution in [1.29, 1.82) is 0 Å². The number of aromatic nitrogens is 4. The number of carbonyl (C=O) groups is 3. The van der Waals surface area contributed by atoms with Crippen LogP contribution in [0.25, 0.3) is 39.3 Å². The van der Waals surface area contributed by atoms with E-state index in [-0.39, 0.29) is 47.0 Å². The Morgan fingerprint density at radius 3 is 2.11 bits per heavy atom. The molecule has 2 atom stereocenters. The van der Waals surface area contributed by atoms with Crippen LogP contribution >= 0.6 is 0 Å². The second kappa shape index (κ2) is 19.9. The Labute approximate surface area is 338 Å². The van der Waals surface area contributed by atoms with Crippen molar-refractivity contribution in [3.63, 3.8) is 0 Å². The van der Waals surface area contributed by atoms with E-state index in [0.29, 0.717) is 29.9 Å². The maximum atomic E-state index is 14.7. The number of H-pyrrole nitrogens is 2. The van der Waals surface area contributed by atoms with Gasteiger partial charge in [0.15, 0.2) is 0 Å². The number of ether oxygens (including phenoxy) is 2. The van der Waals surface area contributed by atoms with Crippen LogP contribution in [0, 0.1) is 13.8 Å². The SMILES string of the molecule is C=Cc1c(C)c2cc3nc(c(C(=O)NCCCCCCCCCCCC)c4nc(cc5[nH]c(cc1[nH]2)c(C)c5CC)C(C)=C4C(=O)OC)[C@@H](CCC(=O)OC)[C@@H]3C. The number of methoxy groups -OCH3 is 2. The molecule has 10 heteroatoms. The maximum absolute atomic E-state index is 14.7. The zero-order valence-electron chi connectivity index (χ0n) is 35.5. The van der Waals surface area contributed by atoms with E-state index in [1.54, 1.807) is 0 Å². The van der Waals surface area contributed by atoms with Crippen LogP contribution in [0.5, 0.6) is 0 Å². The number of hydrogen-bond donors (Lipinski definition) is 3. The Hall–Kier alpha value is -4.99. The molecule has 0 saturated carbocycles. The van der Waals surface area contributed by atoms with Gasteiger partial charge in [0.25, 0.3) is 5.91 Å². The van der Waals surface area contributed by atoms with Gasteiger partial charge in [0.1, 0.15) is 0 Å². The van der Waals surface area contributed by atoms with Crippen LogP contribution in [0.15, 0.2) is 24.8 Å². The number of rotatable bonds is 18. The van der Waals surface area contributed by atoms with Gasteiger partial charge in [-0.15, -0.1) is 0 Å². The molecule has 1 amide bonds. The Balaban J connectivity index is 1.72. The van der Waals surface area contributed by atoms with Gasteiger partial charge in [-0.05, 0) is 80.5 Å². The number of esters is 2. The molecule has 306 valence electrons. The average molecular weight is 778 g/mol. The highest BCUT2D eigenvalue weighted by Crippen LogP contribution is 2.44. The van der Waals surface area contributed by atoms with Gasteiger partial charge < -0.3 is 24.8 Å². The van der Waals surface area contributed by atoms with Gasteiger partial charge in [0.2, 0.25) is 0 Å². The molecule has 3 N–H and O–H groups in total. The molecule has 5 heterocycles. The van der Waals surface area contributed by atoms with E-state index in [1.165, 1.54) is 59.2 Å². The first-order valence-electron chi connectivity index (χ1n) is 21.0. The number of hydrogen-bond acceptors (Lipinski definition) is 7. The van der Waals surface area contributed by atoms with Gasteiger partial charge in [-0.25, -0.2) is 9.78 Å². The summed E-state index contributed by atoms with van der Waals surface area (Å²) in [5.41, 5.74) is 10.9. The number of fused-ring (bicyclic) bond motifs is 8. The fraction of sp³-hybridized carbons (Fsp3) is 0.511. The zero-order valence-corrected chi connectivity index (χ0v) is 35.5. The highest BCUT2D eigenvalue weighted by Gasteiger charge is 2.37. The van der Waals surface area contributed by atoms with Gasteiger partial charge in [-0.1, -0.05) is 91.2 Å². The molecule has 3 aromatic heterocycles. The summed E-state index contributed by atoms with van der Waals surface area (Å²) in [7, 11) is 2.72. The fourth-order valence-corrected chi connectivity index (χ4v) is 8.43. The largest absolute Gasteiger partial charge is 0.469 e. The fourth-order valence-electron chi connectivity index (χ4n) is 8.43. The van der Waals surface area contributed by atoms with E-state index in [2.05, 4.69) is 62.5 Å². The van der Waals surface area contributed by atoms with Crippen molar-refractivity contribution in [1.82, 2.24) is 25.3 Å². The predicted octanol–water partition coefficient (Wildman–Crippen LogP) is 10.7. The van der Waals surface area contributed by atoms with E-state index in [0.717, 1.165) is 75.7 Å². The molecule has 3 aromatic rings. The Morgan fingerprint density at radius 2 is 1.47 bits per heavy atom. The lowest BCUT2D eigenvalue weighted by Gasteiger charge is -2.18. The molecule has 0 fully saturated rings. The van der Waals surface area contributed by atoms with Crippen LogP contribution < -0.4 is 5.32 Å². The predicted molar refractivity (Wildman–Crippen MR) is 231 cm³/mol. The third kappa shape index (κ3) is 9.59. The summed E-state index contributed by atoms with van der Waals surface area (Å²) in [6.07, 6.45) is 15.0. The van der Waals surface area contributed by atoms with Crippen molar-refractivity contribution < 1.29 is 23.9 Å². The van der Waals surface area contributed by atoms with Crippen LogP contribution in [0.2, 0.25) is 0 Å². The van der Waals surface area contributed by atoms with E-state index < -0.39 is 5.97 Å². The van der Waals surface area contributed by atoms with Gasteiger partial charge in [0.05, 0.1) is 42.4 Å². The zero-order chi connectivity index (χ0) is 41.2. The Morgan fingerprint density at radius 1 is 0.825 bits per heavy atom. The number of aryl methyl sites for hydroxylation is 3. The maximum Gasteiger partial charge on any atom is 0.340 e. The summed E-state index contributed by atoms with van der Waals surface area (Å²) in [6.45, 7) is 17.0. The third-order valence-corrected chi connectivity index (χ3v) is 11.9. The lowest BCUT2D eigenvalue weighted by atomic mass is 9.85. The van der Waals surface area contributed by atoms with Gasteiger partial charge in [-0.2, -0.15) is 0 Å². The van der Waals surface area contributed by atoms with Crippen molar-refractivity contribution >= 4 is 57.1 Å². The monoisotopic (exact) mass is 777 g/mol. The molecule has 8 bridgehead atoms. The number of nitrogens with one attached hydrogen (secondary N) is 3. The molecule has 10 nitrogen and oxygen atoms in total. The third-order valence-electron chi connectivity index (χ3n) is 11.9. The molecule has 0 saturated heterocycles. The van der Waals surface area contributed by atoms with Crippen molar-refractivity contribution in [3.05, 3.63) is 75.4 Å². The number of nitrogens with zero attached hydrogens (tertiary/aromatic N) is 2. The number of allylic oxidation sites excluding steroid dienone is 1. The molecule has 0 aromatic carbocycles. The summed E-state index contributed by atoms with van der Waals surface area (Å²) < 4.78 is 10.4. The summed E-state index contributed by atoms with van der Waals surface area (Å²) in [4.78, 5) is 58.6. The first-order valence-corrected chi connectivity index (χ1v) is 21.0. The first-order chi connectivity index (χ1) is 27.5. The molecule has 2 aliphatic rings. The highest BCUT2D eigenvalue weighted by molar-refractivity contribution is 6.27. The van der Waals surface area contributed by atoms with Crippen LogP contribution in [0.4, 0.5) is 0 Å². The number of amides is 1. The van der Waals surface area contributed by atoms with Crippen molar-refractivity contribution in [2.24, 2.45) is 0 Å². The first kappa shape index (κ1) is 43.1. The van der Waals surface area contributed by atoms with Crippen molar-refractivity contribution in [2.75, 3.05) is 20.8 Å². The van der Waals surface area contributed by atoms with E-state index in [9.17, 15) is 14.4 Å². The molecule has 0 unspecified atom stereocenters. The smallest absolute Gasteiger partial charge is 0.340 e.